The topological polar surface area (TPSA) is 90.0 Å². The highest BCUT2D eigenvalue weighted by atomic mass is 35.5. The van der Waals surface area contributed by atoms with Crippen LogP contribution in [-0.2, 0) is 26.4 Å². The Balaban J connectivity index is 1.56. The minimum absolute atomic E-state index is 0.00462. The minimum atomic E-state index is -4.38. The van der Waals surface area contributed by atoms with Crippen LogP contribution in [0.5, 0.6) is 11.5 Å². The first-order chi connectivity index (χ1) is 19.5. The Morgan fingerprint density at radius 1 is 0.829 bits per heavy atom. The second-order valence-corrected chi connectivity index (χ2v) is 13.3. The summed E-state index contributed by atoms with van der Waals surface area (Å²) in [5, 5.41) is 0.306. The summed E-state index contributed by atoms with van der Waals surface area (Å²) in [5.74, 6) is -1.14. The molecule has 0 aliphatic carbocycles. The van der Waals surface area contributed by atoms with Crippen molar-refractivity contribution in [2.45, 2.75) is 22.8 Å². The maximum Gasteiger partial charge on any atom is 0.264 e. The summed E-state index contributed by atoms with van der Waals surface area (Å²) in [7, 11) is -6.47. The quantitative estimate of drug-likeness (QED) is 0.173. The van der Waals surface area contributed by atoms with Crippen molar-refractivity contribution < 1.29 is 35.1 Å². The van der Waals surface area contributed by atoms with Crippen molar-refractivity contribution in [2.24, 2.45) is 0 Å². The SMILES string of the molecule is COc1ccc(S(=O)(=O)CCCOc2ccccc2CN(c2cc(F)ccc2F)S(=O)(=O)c2ccc(Cl)cc2)cc1. The van der Waals surface area contributed by atoms with Crippen molar-refractivity contribution in [1.29, 1.82) is 0 Å². The number of para-hydroxylation sites is 1. The lowest BCUT2D eigenvalue weighted by Crippen LogP contribution is -2.31. The van der Waals surface area contributed by atoms with Crippen molar-refractivity contribution in [3.63, 3.8) is 0 Å². The van der Waals surface area contributed by atoms with E-state index in [1.807, 2.05) is 0 Å². The number of halogens is 3. The molecule has 0 aliphatic heterocycles. The Morgan fingerprint density at radius 2 is 1.49 bits per heavy atom. The van der Waals surface area contributed by atoms with Gasteiger partial charge in [0.1, 0.15) is 23.1 Å². The van der Waals surface area contributed by atoms with Gasteiger partial charge >= 0.3 is 0 Å². The number of nitrogens with zero attached hydrogens (tertiary/aromatic N) is 1. The van der Waals surface area contributed by atoms with E-state index in [0.717, 1.165) is 22.5 Å². The first kappa shape index (κ1) is 30.3. The largest absolute Gasteiger partial charge is 0.497 e. The molecule has 0 fully saturated rings. The summed E-state index contributed by atoms with van der Waals surface area (Å²) in [6.07, 6.45) is 0.147. The molecule has 4 aromatic carbocycles. The molecule has 0 bridgehead atoms. The Hall–Kier alpha value is -3.67. The summed E-state index contributed by atoms with van der Waals surface area (Å²) in [6.45, 7) is -0.393. The lowest BCUT2D eigenvalue weighted by molar-refractivity contribution is 0.314. The molecule has 0 aromatic heterocycles. The number of sulfone groups is 1. The summed E-state index contributed by atoms with van der Waals surface area (Å²) in [5.41, 5.74) is -0.132. The van der Waals surface area contributed by atoms with Gasteiger partial charge in [-0.25, -0.2) is 25.6 Å². The third-order valence-corrected chi connectivity index (χ3v) is 9.94. The standard InChI is InChI=1S/C29H26ClF2NO6S2/c1-38-24-10-14-25(15-11-24)40(34,35)18-4-17-39-29-6-3-2-5-21(29)20-33(28-19-23(31)9-16-27(28)32)41(36,37)26-12-7-22(30)8-13-26/h2-3,5-16,19H,4,17-18,20H2,1H3. The molecule has 0 radical (unpaired) electrons. The van der Waals surface area contributed by atoms with E-state index in [0.29, 0.717) is 16.3 Å². The molecule has 0 atom stereocenters. The zero-order valence-corrected chi connectivity index (χ0v) is 24.2. The van der Waals surface area contributed by atoms with Crippen molar-refractivity contribution in [1.82, 2.24) is 0 Å². The van der Waals surface area contributed by atoms with Crippen LogP contribution in [0.2, 0.25) is 5.02 Å². The van der Waals surface area contributed by atoms with Gasteiger partial charge in [-0.05, 0) is 73.2 Å². The minimum Gasteiger partial charge on any atom is -0.497 e. The lowest BCUT2D eigenvalue weighted by Gasteiger charge is -2.26. The first-order valence-corrected chi connectivity index (χ1v) is 15.8. The van der Waals surface area contributed by atoms with E-state index in [-0.39, 0.29) is 34.3 Å². The molecule has 0 unspecified atom stereocenters. The van der Waals surface area contributed by atoms with Crippen molar-refractivity contribution in [3.8, 4) is 11.5 Å². The summed E-state index contributed by atoms with van der Waals surface area (Å²) in [6, 6.07) is 20.4. The molecule has 0 saturated carbocycles. The Bertz CT molecular complexity index is 1720. The zero-order chi connectivity index (χ0) is 29.6. The van der Waals surface area contributed by atoms with Gasteiger partial charge in [0.2, 0.25) is 0 Å². The molecule has 0 N–H and O–H groups in total. The van der Waals surface area contributed by atoms with Crippen LogP contribution in [0.15, 0.2) is 101 Å². The smallest absolute Gasteiger partial charge is 0.264 e. The molecule has 4 aromatic rings. The number of hydrogen-bond acceptors (Lipinski definition) is 6. The highest BCUT2D eigenvalue weighted by Crippen LogP contribution is 2.32. The van der Waals surface area contributed by atoms with Gasteiger partial charge in [-0.2, -0.15) is 0 Å². The second-order valence-electron chi connectivity index (χ2n) is 8.87. The van der Waals surface area contributed by atoms with Crippen molar-refractivity contribution in [2.75, 3.05) is 23.8 Å². The predicted octanol–water partition coefficient (Wildman–Crippen LogP) is 6.27. The zero-order valence-electron chi connectivity index (χ0n) is 21.8. The third kappa shape index (κ3) is 7.35. The highest BCUT2D eigenvalue weighted by Gasteiger charge is 2.29. The van der Waals surface area contributed by atoms with Crippen LogP contribution >= 0.6 is 11.6 Å². The molecule has 12 heteroatoms. The number of sulfonamides is 1. The van der Waals surface area contributed by atoms with Gasteiger partial charge in [0, 0.05) is 16.7 Å². The molecular formula is C29H26ClF2NO6S2. The Morgan fingerprint density at radius 3 is 2.17 bits per heavy atom. The average Bonchev–Trinajstić information content (AvgIpc) is 2.96. The Kier molecular flexibility index (Phi) is 9.52. The summed E-state index contributed by atoms with van der Waals surface area (Å²) < 4.78 is 93.4. The van der Waals surface area contributed by atoms with Gasteiger partial charge in [0.15, 0.2) is 9.84 Å². The number of hydrogen-bond donors (Lipinski definition) is 0. The van der Waals surface area contributed by atoms with Crippen LogP contribution in [0.3, 0.4) is 0 Å². The molecule has 0 heterocycles. The normalized spacial score (nSPS) is 11.7. The fraction of sp³-hybridized carbons (Fsp3) is 0.172. The van der Waals surface area contributed by atoms with Crippen LogP contribution < -0.4 is 13.8 Å². The Labute approximate surface area is 242 Å². The van der Waals surface area contributed by atoms with Crippen LogP contribution in [0.4, 0.5) is 14.5 Å². The van der Waals surface area contributed by atoms with E-state index in [2.05, 4.69) is 0 Å². The molecule has 41 heavy (non-hydrogen) atoms. The summed E-state index contributed by atoms with van der Waals surface area (Å²) in [4.78, 5) is -0.0217. The third-order valence-electron chi connectivity index (χ3n) is 6.10. The molecule has 7 nitrogen and oxygen atoms in total. The van der Waals surface area contributed by atoms with Crippen LogP contribution in [-0.4, -0.2) is 36.3 Å². The van der Waals surface area contributed by atoms with Crippen molar-refractivity contribution in [3.05, 3.63) is 113 Å². The van der Waals surface area contributed by atoms with Gasteiger partial charge < -0.3 is 9.47 Å². The van der Waals surface area contributed by atoms with Crippen molar-refractivity contribution >= 4 is 37.1 Å². The first-order valence-electron chi connectivity index (χ1n) is 12.3. The molecular weight excluding hydrogens is 596 g/mol. The average molecular weight is 622 g/mol. The summed E-state index contributed by atoms with van der Waals surface area (Å²) >= 11 is 5.91. The van der Waals surface area contributed by atoms with E-state index < -0.39 is 43.7 Å². The lowest BCUT2D eigenvalue weighted by atomic mass is 10.2. The van der Waals surface area contributed by atoms with Gasteiger partial charge in [0.25, 0.3) is 10.0 Å². The fourth-order valence-electron chi connectivity index (χ4n) is 3.97. The van der Waals surface area contributed by atoms with Gasteiger partial charge in [-0.3, -0.25) is 4.31 Å². The molecule has 4 rings (SSSR count). The molecule has 0 saturated heterocycles. The highest BCUT2D eigenvalue weighted by molar-refractivity contribution is 7.92. The number of rotatable bonds is 12. The molecule has 0 amide bonds. The van der Waals surface area contributed by atoms with E-state index in [1.165, 1.54) is 43.5 Å². The maximum absolute atomic E-state index is 14.9. The van der Waals surface area contributed by atoms with Crippen LogP contribution in [0.25, 0.3) is 0 Å². The number of methoxy groups -OCH3 is 1. The van der Waals surface area contributed by atoms with E-state index in [1.54, 1.807) is 36.4 Å². The fourth-order valence-corrected chi connectivity index (χ4v) is 6.83. The van der Waals surface area contributed by atoms with E-state index >= 15 is 0 Å². The molecule has 0 spiro atoms. The van der Waals surface area contributed by atoms with Gasteiger partial charge in [-0.1, -0.05) is 29.8 Å². The molecule has 216 valence electrons. The number of anilines is 1. The van der Waals surface area contributed by atoms with Crippen LogP contribution in [0, 0.1) is 11.6 Å². The monoisotopic (exact) mass is 621 g/mol. The van der Waals surface area contributed by atoms with E-state index in [4.69, 9.17) is 21.1 Å². The maximum atomic E-state index is 14.9. The van der Waals surface area contributed by atoms with Gasteiger partial charge in [-0.15, -0.1) is 0 Å². The second kappa shape index (κ2) is 12.9. The number of benzene rings is 4. The molecule has 0 aliphatic rings. The van der Waals surface area contributed by atoms with E-state index in [9.17, 15) is 25.6 Å². The van der Waals surface area contributed by atoms with Gasteiger partial charge in [0.05, 0.1) is 41.5 Å². The van der Waals surface area contributed by atoms with Crippen LogP contribution in [0.1, 0.15) is 12.0 Å². The number of ether oxygens (including phenoxy) is 2. The predicted molar refractivity (Wildman–Crippen MR) is 153 cm³/mol.